The number of nitrogens with one attached hydrogen (secondary N) is 3. The number of aromatic amines is 1. The van der Waals surface area contributed by atoms with E-state index in [1.165, 1.54) is 26.0 Å². The third-order valence-corrected chi connectivity index (χ3v) is 2.87. The maximum atomic E-state index is 13.7. The first-order valence-electron chi connectivity index (χ1n) is 6.46. The van der Waals surface area contributed by atoms with E-state index in [1.807, 2.05) is 0 Å². The monoisotopic (exact) mass is 308 g/mol. The first-order chi connectivity index (χ1) is 10.4. The van der Waals surface area contributed by atoms with Gasteiger partial charge in [0.2, 0.25) is 11.8 Å². The summed E-state index contributed by atoms with van der Waals surface area (Å²) in [6.45, 7) is 2.79. The molecule has 1 aromatic carbocycles. The van der Waals surface area contributed by atoms with Gasteiger partial charge in [-0.2, -0.15) is 5.10 Å². The van der Waals surface area contributed by atoms with Gasteiger partial charge in [0.1, 0.15) is 17.7 Å². The van der Waals surface area contributed by atoms with Crippen LogP contribution in [-0.2, 0) is 9.59 Å². The third kappa shape index (κ3) is 3.46. The van der Waals surface area contributed by atoms with Crippen LogP contribution in [0.25, 0.3) is 11.3 Å². The normalized spacial score (nSPS) is 11.8. The molecule has 2 aromatic rings. The number of H-pyrrole nitrogens is 1. The number of nitrogens with zero attached hydrogens (tertiary/aromatic N) is 1. The van der Waals surface area contributed by atoms with Crippen molar-refractivity contribution >= 4 is 17.6 Å². The first kappa shape index (κ1) is 15.6. The standard InChI is InChI=1S/C14H14F2N4O2/c1-7(17-8(2)21)14(22)18-12-6-11(19-20-12)13-9(15)4-3-5-10(13)16/h3-7H,1-2H3,(H,17,21)(H2,18,19,20,22)/t7-/m1/s1. The number of aromatic nitrogens is 2. The third-order valence-electron chi connectivity index (χ3n) is 2.87. The number of anilines is 1. The van der Waals surface area contributed by atoms with Crippen LogP contribution in [0.3, 0.4) is 0 Å². The van der Waals surface area contributed by atoms with E-state index in [4.69, 9.17) is 0 Å². The fourth-order valence-electron chi connectivity index (χ4n) is 1.87. The van der Waals surface area contributed by atoms with Crippen molar-refractivity contribution in [3.8, 4) is 11.3 Å². The second-order valence-electron chi connectivity index (χ2n) is 4.67. The number of rotatable bonds is 4. The lowest BCUT2D eigenvalue weighted by molar-refractivity contribution is -0.124. The van der Waals surface area contributed by atoms with Crippen LogP contribution in [0.1, 0.15) is 13.8 Å². The topological polar surface area (TPSA) is 86.9 Å². The number of halogens is 2. The average Bonchev–Trinajstić information content (AvgIpc) is 2.86. The van der Waals surface area contributed by atoms with E-state index in [0.717, 1.165) is 12.1 Å². The molecule has 0 aliphatic heterocycles. The largest absolute Gasteiger partial charge is 0.345 e. The average molecular weight is 308 g/mol. The Hall–Kier alpha value is -2.77. The second-order valence-corrected chi connectivity index (χ2v) is 4.67. The summed E-state index contributed by atoms with van der Waals surface area (Å²) in [5.41, 5.74) is -0.163. The highest BCUT2D eigenvalue weighted by Gasteiger charge is 2.17. The molecule has 0 spiro atoms. The summed E-state index contributed by atoms with van der Waals surface area (Å²) in [5, 5.41) is 11.1. The molecule has 1 heterocycles. The van der Waals surface area contributed by atoms with Crippen LogP contribution >= 0.6 is 0 Å². The summed E-state index contributed by atoms with van der Waals surface area (Å²) in [7, 11) is 0. The van der Waals surface area contributed by atoms with Crippen molar-refractivity contribution in [1.29, 1.82) is 0 Å². The molecule has 0 saturated heterocycles. The quantitative estimate of drug-likeness (QED) is 0.805. The fourth-order valence-corrected chi connectivity index (χ4v) is 1.87. The Bertz CT molecular complexity index is 694. The van der Waals surface area contributed by atoms with Gasteiger partial charge in [-0.15, -0.1) is 0 Å². The van der Waals surface area contributed by atoms with E-state index >= 15 is 0 Å². The van der Waals surface area contributed by atoms with Gasteiger partial charge < -0.3 is 10.6 Å². The van der Waals surface area contributed by atoms with Crippen molar-refractivity contribution in [3.63, 3.8) is 0 Å². The predicted molar refractivity (Wildman–Crippen MR) is 75.8 cm³/mol. The zero-order chi connectivity index (χ0) is 16.3. The lowest BCUT2D eigenvalue weighted by atomic mass is 10.1. The van der Waals surface area contributed by atoms with Gasteiger partial charge in [-0.25, -0.2) is 8.78 Å². The fraction of sp³-hybridized carbons (Fsp3) is 0.214. The minimum Gasteiger partial charge on any atom is -0.345 e. The molecule has 2 amide bonds. The molecule has 1 aromatic heterocycles. The molecule has 0 aliphatic rings. The van der Waals surface area contributed by atoms with Crippen molar-refractivity contribution in [3.05, 3.63) is 35.9 Å². The van der Waals surface area contributed by atoms with E-state index in [0.29, 0.717) is 0 Å². The summed E-state index contributed by atoms with van der Waals surface area (Å²) >= 11 is 0. The summed E-state index contributed by atoms with van der Waals surface area (Å²) < 4.78 is 27.3. The number of carbonyl (C=O) groups excluding carboxylic acids is 2. The van der Waals surface area contributed by atoms with Crippen LogP contribution < -0.4 is 10.6 Å². The van der Waals surface area contributed by atoms with Crippen LogP contribution in [0.15, 0.2) is 24.3 Å². The van der Waals surface area contributed by atoms with Gasteiger partial charge >= 0.3 is 0 Å². The minimum atomic E-state index is -0.761. The van der Waals surface area contributed by atoms with Gasteiger partial charge in [0.05, 0.1) is 11.3 Å². The van der Waals surface area contributed by atoms with E-state index in [-0.39, 0.29) is 23.0 Å². The van der Waals surface area contributed by atoms with Crippen molar-refractivity contribution in [2.75, 3.05) is 5.32 Å². The van der Waals surface area contributed by atoms with Gasteiger partial charge in [0.25, 0.3) is 0 Å². The Balaban J connectivity index is 2.15. The minimum absolute atomic E-state index is 0.0954. The Morgan fingerprint density at radius 1 is 1.27 bits per heavy atom. The Morgan fingerprint density at radius 3 is 2.50 bits per heavy atom. The zero-order valence-electron chi connectivity index (χ0n) is 11.9. The van der Waals surface area contributed by atoms with Crippen LogP contribution in [0.5, 0.6) is 0 Å². The molecule has 8 heteroatoms. The van der Waals surface area contributed by atoms with Gasteiger partial charge in [0, 0.05) is 13.0 Å². The van der Waals surface area contributed by atoms with E-state index in [1.54, 1.807) is 0 Å². The molecule has 0 saturated carbocycles. The van der Waals surface area contributed by atoms with Gasteiger partial charge in [0.15, 0.2) is 5.82 Å². The van der Waals surface area contributed by atoms with Gasteiger partial charge in [-0.3, -0.25) is 14.7 Å². The Kier molecular flexibility index (Phi) is 4.50. The van der Waals surface area contributed by atoms with Gasteiger partial charge in [-0.1, -0.05) is 6.07 Å². The summed E-state index contributed by atoms with van der Waals surface area (Å²) in [6, 6.07) is 4.04. The lowest BCUT2D eigenvalue weighted by Crippen LogP contribution is -2.40. The molecule has 0 bridgehead atoms. The molecular formula is C14H14F2N4O2. The molecule has 1 atom stereocenters. The van der Waals surface area contributed by atoms with Crippen LogP contribution in [0.2, 0.25) is 0 Å². The van der Waals surface area contributed by atoms with Crippen molar-refractivity contribution in [1.82, 2.24) is 15.5 Å². The highest BCUT2D eigenvalue weighted by Crippen LogP contribution is 2.25. The SMILES string of the molecule is CC(=O)N[C@H](C)C(=O)Nc1cc(-c2c(F)cccc2F)[nH]n1. The van der Waals surface area contributed by atoms with Crippen molar-refractivity contribution in [2.45, 2.75) is 19.9 Å². The first-order valence-corrected chi connectivity index (χ1v) is 6.46. The summed E-state index contributed by atoms with van der Waals surface area (Å²) in [6.07, 6.45) is 0. The number of hydrogen-bond donors (Lipinski definition) is 3. The van der Waals surface area contributed by atoms with Gasteiger partial charge in [-0.05, 0) is 19.1 Å². The molecule has 116 valence electrons. The molecular weight excluding hydrogens is 294 g/mol. The van der Waals surface area contributed by atoms with Crippen LogP contribution in [0.4, 0.5) is 14.6 Å². The smallest absolute Gasteiger partial charge is 0.247 e. The molecule has 2 rings (SSSR count). The van der Waals surface area contributed by atoms with Crippen LogP contribution in [0, 0.1) is 11.6 Å². The highest BCUT2D eigenvalue weighted by molar-refractivity contribution is 5.96. The van der Waals surface area contributed by atoms with Crippen molar-refractivity contribution < 1.29 is 18.4 Å². The molecule has 0 fully saturated rings. The maximum Gasteiger partial charge on any atom is 0.247 e. The second kappa shape index (κ2) is 6.33. The number of hydrogen-bond acceptors (Lipinski definition) is 3. The number of benzene rings is 1. The van der Waals surface area contributed by atoms with E-state index < -0.39 is 23.6 Å². The summed E-state index contributed by atoms with van der Waals surface area (Å²) in [5.74, 6) is -2.23. The molecule has 0 unspecified atom stereocenters. The van der Waals surface area contributed by atoms with Crippen molar-refractivity contribution in [2.24, 2.45) is 0 Å². The van der Waals surface area contributed by atoms with E-state index in [2.05, 4.69) is 20.8 Å². The summed E-state index contributed by atoms with van der Waals surface area (Å²) in [4.78, 5) is 22.7. The lowest BCUT2D eigenvalue weighted by Gasteiger charge is -2.10. The highest BCUT2D eigenvalue weighted by atomic mass is 19.1. The number of carbonyl (C=O) groups is 2. The molecule has 22 heavy (non-hydrogen) atoms. The predicted octanol–water partition coefficient (Wildman–Crippen LogP) is 1.82. The zero-order valence-corrected chi connectivity index (χ0v) is 11.9. The molecule has 0 aliphatic carbocycles. The molecule has 6 nitrogen and oxygen atoms in total. The van der Waals surface area contributed by atoms with E-state index in [9.17, 15) is 18.4 Å². The maximum absolute atomic E-state index is 13.7. The number of amides is 2. The Morgan fingerprint density at radius 2 is 1.91 bits per heavy atom. The Labute approximate surface area is 124 Å². The molecule has 0 radical (unpaired) electrons. The van der Waals surface area contributed by atoms with Crippen LogP contribution in [-0.4, -0.2) is 28.1 Å². The molecule has 3 N–H and O–H groups in total.